The zero-order valence-electron chi connectivity index (χ0n) is 13.7. The third kappa shape index (κ3) is 4.94. The van der Waals surface area contributed by atoms with Gasteiger partial charge in [-0.3, -0.25) is 9.52 Å². The maximum Gasteiger partial charge on any atom is 0.261 e. The van der Waals surface area contributed by atoms with Gasteiger partial charge in [-0.05, 0) is 49.4 Å². The van der Waals surface area contributed by atoms with E-state index in [4.69, 9.17) is 16.9 Å². The predicted octanol–water partition coefficient (Wildman–Crippen LogP) is 3.17. The van der Waals surface area contributed by atoms with Crippen molar-refractivity contribution in [2.45, 2.75) is 11.8 Å². The van der Waals surface area contributed by atoms with Crippen LogP contribution in [0.2, 0.25) is 5.02 Å². The normalized spacial score (nSPS) is 12.1. The summed E-state index contributed by atoms with van der Waals surface area (Å²) in [4.78, 5) is 11.8. The fourth-order valence-corrected chi connectivity index (χ4v) is 3.27. The first kappa shape index (κ1) is 19.7. The van der Waals surface area contributed by atoms with Crippen molar-refractivity contribution in [3.05, 3.63) is 58.9 Å². The van der Waals surface area contributed by atoms with Crippen LogP contribution in [0.25, 0.3) is 0 Å². The second kappa shape index (κ2) is 8.17. The standard InChI is InChI=1S/C17H15ClFN3O3S/c1-11(9-20)10-21-17(23)12-2-4-13(5-3-12)22-26(24,25)14-6-7-16(19)15(18)8-14/h2-8,11,22H,10H2,1H3,(H,21,23). The number of amides is 1. The van der Waals surface area contributed by atoms with Crippen molar-refractivity contribution in [2.75, 3.05) is 11.3 Å². The van der Waals surface area contributed by atoms with Gasteiger partial charge in [0.25, 0.3) is 15.9 Å². The second-order valence-electron chi connectivity index (χ2n) is 5.50. The minimum absolute atomic E-state index is 0.184. The van der Waals surface area contributed by atoms with E-state index in [0.29, 0.717) is 5.56 Å². The molecule has 9 heteroatoms. The smallest absolute Gasteiger partial charge is 0.261 e. The molecule has 2 rings (SSSR count). The number of carbonyl (C=O) groups excluding carboxylic acids is 1. The van der Waals surface area contributed by atoms with E-state index in [0.717, 1.165) is 18.2 Å². The van der Waals surface area contributed by atoms with Crippen LogP contribution in [0, 0.1) is 23.1 Å². The topological polar surface area (TPSA) is 99.1 Å². The lowest BCUT2D eigenvalue weighted by atomic mass is 10.1. The first-order valence-electron chi connectivity index (χ1n) is 7.48. The fourth-order valence-electron chi connectivity index (χ4n) is 1.94. The van der Waals surface area contributed by atoms with E-state index in [9.17, 15) is 17.6 Å². The number of rotatable bonds is 6. The van der Waals surface area contributed by atoms with E-state index in [2.05, 4.69) is 10.0 Å². The molecule has 0 aliphatic heterocycles. The molecule has 0 radical (unpaired) electrons. The van der Waals surface area contributed by atoms with Crippen molar-refractivity contribution < 1.29 is 17.6 Å². The lowest BCUT2D eigenvalue weighted by Crippen LogP contribution is -2.27. The molecule has 1 amide bonds. The van der Waals surface area contributed by atoms with Crippen LogP contribution in [-0.2, 0) is 10.0 Å². The van der Waals surface area contributed by atoms with E-state index < -0.39 is 15.8 Å². The second-order valence-corrected chi connectivity index (χ2v) is 7.59. The minimum Gasteiger partial charge on any atom is -0.351 e. The molecule has 2 N–H and O–H groups in total. The van der Waals surface area contributed by atoms with Crippen LogP contribution in [0.1, 0.15) is 17.3 Å². The van der Waals surface area contributed by atoms with Crippen LogP contribution in [0.4, 0.5) is 10.1 Å². The lowest BCUT2D eigenvalue weighted by Gasteiger charge is -2.10. The number of nitriles is 1. The summed E-state index contributed by atoms with van der Waals surface area (Å²) < 4.78 is 40.1. The van der Waals surface area contributed by atoms with E-state index in [1.165, 1.54) is 24.3 Å². The molecular weight excluding hydrogens is 381 g/mol. The van der Waals surface area contributed by atoms with Gasteiger partial charge in [0.05, 0.1) is 21.9 Å². The Kier molecular flexibility index (Phi) is 6.18. The van der Waals surface area contributed by atoms with Gasteiger partial charge in [0.15, 0.2) is 0 Å². The molecular formula is C17H15ClFN3O3S. The molecule has 0 aromatic heterocycles. The molecule has 2 aromatic carbocycles. The monoisotopic (exact) mass is 395 g/mol. The summed E-state index contributed by atoms with van der Waals surface area (Å²) >= 11 is 5.61. The van der Waals surface area contributed by atoms with Gasteiger partial charge in [0.2, 0.25) is 0 Å². The van der Waals surface area contributed by atoms with Crippen molar-refractivity contribution >= 4 is 33.2 Å². The highest BCUT2D eigenvalue weighted by atomic mass is 35.5. The Bertz CT molecular complexity index is 956. The molecule has 0 spiro atoms. The molecule has 0 saturated carbocycles. The number of hydrogen-bond donors (Lipinski definition) is 2. The van der Waals surface area contributed by atoms with Gasteiger partial charge in [-0.2, -0.15) is 5.26 Å². The van der Waals surface area contributed by atoms with Crippen molar-refractivity contribution in [3.63, 3.8) is 0 Å². The zero-order chi connectivity index (χ0) is 19.3. The molecule has 0 heterocycles. The van der Waals surface area contributed by atoms with Gasteiger partial charge in [0, 0.05) is 17.8 Å². The van der Waals surface area contributed by atoms with Gasteiger partial charge < -0.3 is 5.32 Å². The zero-order valence-corrected chi connectivity index (χ0v) is 15.2. The Labute approximate surface area is 155 Å². The quantitative estimate of drug-likeness (QED) is 0.784. The molecule has 0 aliphatic rings. The summed E-state index contributed by atoms with van der Waals surface area (Å²) in [6.07, 6.45) is 0. The van der Waals surface area contributed by atoms with Crippen molar-refractivity contribution in [2.24, 2.45) is 5.92 Å². The Balaban J connectivity index is 2.09. The Morgan fingerprint density at radius 1 is 1.27 bits per heavy atom. The minimum atomic E-state index is -3.95. The van der Waals surface area contributed by atoms with Crippen molar-refractivity contribution in [3.8, 4) is 6.07 Å². The summed E-state index contributed by atoms with van der Waals surface area (Å²) in [5, 5.41) is 11.0. The van der Waals surface area contributed by atoms with E-state index in [1.807, 2.05) is 6.07 Å². The highest BCUT2D eigenvalue weighted by Crippen LogP contribution is 2.22. The summed E-state index contributed by atoms with van der Waals surface area (Å²) in [6, 6.07) is 10.8. The largest absolute Gasteiger partial charge is 0.351 e. The van der Waals surface area contributed by atoms with Gasteiger partial charge in [-0.1, -0.05) is 11.6 Å². The third-order valence-corrected chi connectivity index (χ3v) is 5.06. The number of halogens is 2. The van der Waals surface area contributed by atoms with Crippen LogP contribution in [0.5, 0.6) is 0 Å². The van der Waals surface area contributed by atoms with Gasteiger partial charge >= 0.3 is 0 Å². The van der Waals surface area contributed by atoms with Gasteiger partial charge in [0.1, 0.15) is 5.82 Å². The molecule has 6 nitrogen and oxygen atoms in total. The van der Waals surface area contributed by atoms with Crippen LogP contribution in [0.15, 0.2) is 47.4 Å². The lowest BCUT2D eigenvalue weighted by molar-refractivity contribution is 0.0951. The first-order chi connectivity index (χ1) is 12.2. The van der Waals surface area contributed by atoms with Crippen LogP contribution >= 0.6 is 11.6 Å². The average molecular weight is 396 g/mol. The number of nitrogens with one attached hydrogen (secondary N) is 2. The van der Waals surface area contributed by atoms with Crippen molar-refractivity contribution in [1.82, 2.24) is 5.32 Å². The van der Waals surface area contributed by atoms with E-state index >= 15 is 0 Å². The molecule has 0 aliphatic carbocycles. The highest BCUT2D eigenvalue weighted by molar-refractivity contribution is 7.92. The fraction of sp³-hybridized carbons (Fsp3) is 0.176. The maximum atomic E-state index is 13.2. The number of sulfonamides is 1. The molecule has 0 fully saturated rings. The third-order valence-electron chi connectivity index (χ3n) is 3.39. The molecule has 2 aromatic rings. The summed E-state index contributed by atoms with van der Waals surface area (Å²) in [5.74, 6) is -1.40. The SMILES string of the molecule is CC(C#N)CNC(=O)c1ccc(NS(=O)(=O)c2ccc(F)c(Cl)c2)cc1. The number of anilines is 1. The van der Waals surface area contributed by atoms with Gasteiger partial charge in [-0.15, -0.1) is 0 Å². The number of hydrogen-bond acceptors (Lipinski definition) is 4. The van der Waals surface area contributed by atoms with E-state index in [-0.39, 0.29) is 34.0 Å². The maximum absolute atomic E-state index is 13.2. The van der Waals surface area contributed by atoms with Crippen LogP contribution in [-0.4, -0.2) is 20.9 Å². The summed E-state index contributed by atoms with van der Waals surface area (Å²) in [7, 11) is -3.95. The Morgan fingerprint density at radius 3 is 2.50 bits per heavy atom. The number of benzene rings is 2. The molecule has 26 heavy (non-hydrogen) atoms. The van der Waals surface area contributed by atoms with E-state index in [1.54, 1.807) is 6.92 Å². The molecule has 1 unspecified atom stereocenters. The average Bonchev–Trinajstić information content (AvgIpc) is 2.61. The Morgan fingerprint density at radius 2 is 1.92 bits per heavy atom. The highest BCUT2D eigenvalue weighted by Gasteiger charge is 2.16. The van der Waals surface area contributed by atoms with Crippen LogP contribution in [0.3, 0.4) is 0 Å². The number of nitrogens with zero attached hydrogens (tertiary/aromatic N) is 1. The number of carbonyl (C=O) groups is 1. The predicted molar refractivity (Wildman–Crippen MR) is 95.8 cm³/mol. The first-order valence-corrected chi connectivity index (χ1v) is 9.35. The van der Waals surface area contributed by atoms with Crippen LogP contribution < -0.4 is 10.0 Å². The van der Waals surface area contributed by atoms with Gasteiger partial charge in [-0.25, -0.2) is 12.8 Å². The summed E-state index contributed by atoms with van der Waals surface area (Å²) in [5.41, 5.74) is 0.551. The molecule has 0 saturated heterocycles. The summed E-state index contributed by atoms with van der Waals surface area (Å²) in [6.45, 7) is 1.90. The molecule has 1 atom stereocenters. The molecule has 0 bridgehead atoms. The van der Waals surface area contributed by atoms with Crippen molar-refractivity contribution in [1.29, 1.82) is 5.26 Å². The molecule has 136 valence electrons. The Hall–Kier alpha value is -2.63.